The van der Waals surface area contributed by atoms with Gasteiger partial charge in [-0.25, -0.2) is 14.8 Å². The summed E-state index contributed by atoms with van der Waals surface area (Å²) in [5, 5.41) is 6.65. The molecule has 0 aromatic carbocycles. The highest BCUT2D eigenvalue weighted by molar-refractivity contribution is 7.21. The summed E-state index contributed by atoms with van der Waals surface area (Å²) in [6.07, 6.45) is 9.56. The van der Waals surface area contributed by atoms with Crippen molar-refractivity contribution in [3.8, 4) is 5.88 Å². The second-order valence-electron chi connectivity index (χ2n) is 9.41. The molecule has 3 aliphatic rings. The van der Waals surface area contributed by atoms with Crippen LogP contribution in [0.5, 0.6) is 5.88 Å². The fraction of sp³-hybridized carbons (Fsp3) is 0.346. The number of carbonyl (C=O) groups is 3. The van der Waals surface area contributed by atoms with Gasteiger partial charge in [0.1, 0.15) is 15.8 Å². The van der Waals surface area contributed by atoms with Crippen LogP contribution in [0.3, 0.4) is 0 Å². The summed E-state index contributed by atoms with van der Waals surface area (Å²) in [4.78, 5) is 51.7. The van der Waals surface area contributed by atoms with Crippen molar-refractivity contribution in [1.82, 2.24) is 20.2 Å². The molecule has 0 unspecified atom stereocenters. The van der Waals surface area contributed by atoms with Gasteiger partial charge in [-0.1, -0.05) is 6.58 Å². The van der Waals surface area contributed by atoms with Crippen molar-refractivity contribution in [1.29, 1.82) is 0 Å². The number of carbonyl (C=O) groups excluding carboxylic acids is 3. The molecule has 0 bridgehead atoms. The Morgan fingerprint density at radius 2 is 2.05 bits per heavy atom. The van der Waals surface area contributed by atoms with Crippen molar-refractivity contribution in [3.05, 3.63) is 48.1 Å². The molecule has 11 heteroatoms. The van der Waals surface area contributed by atoms with Crippen LogP contribution >= 0.6 is 11.3 Å². The predicted octanol–water partition coefficient (Wildman–Crippen LogP) is 4.21. The second-order valence-corrected chi connectivity index (χ2v) is 10.4. The van der Waals surface area contributed by atoms with Gasteiger partial charge in [0.15, 0.2) is 0 Å². The third-order valence-electron chi connectivity index (χ3n) is 7.01. The van der Waals surface area contributed by atoms with E-state index in [0.717, 1.165) is 25.7 Å². The SMILES string of the molecule is C=CC(=O)N1CCC[C@@H](NC(=O)c2sc3nccc4c3c2NC(=O)N4c2ccc(OC3CCC3)nc2)C1. The zero-order chi connectivity index (χ0) is 25.5. The van der Waals surface area contributed by atoms with Crippen molar-refractivity contribution >= 4 is 56.5 Å². The zero-order valence-electron chi connectivity index (χ0n) is 20.1. The second kappa shape index (κ2) is 9.47. The number of ether oxygens (including phenoxy) is 1. The highest BCUT2D eigenvalue weighted by Gasteiger charge is 2.34. The Kier molecular flexibility index (Phi) is 5.99. The molecule has 0 spiro atoms. The molecular formula is C26H26N6O4S. The molecule has 6 rings (SSSR count). The van der Waals surface area contributed by atoms with E-state index in [9.17, 15) is 14.4 Å². The first-order chi connectivity index (χ1) is 18.0. The van der Waals surface area contributed by atoms with Crippen LogP contribution in [0.2, 0.25) is 0 Å². The van der Waals surface area contributed by atoms with E-state index in [1.54, 1.807) is 35.5 Å². The van der Waals surface area contributed by atoms with E-state index in [4.69, 9.17) is 4.74 Å². The molecule has 4 amide bonds. The topological polar surface area (TPSA) is 117 Å². The molecule has 2 N–H and O–H groups in total. The van der Waals surface area contributed by atoms with Crippen molar-refractivity contribution < 1.29 is 19.1 Å². The number of hydrogen-bond donors (Lipinski definition) is 2. The summed E-state index contributed by atoms with van der Waals surface area (Å²) in [5.74, 6) is 0.0981. The van der Waals surface area contributed by atoms with Gasteiger partial charge in [-0.05, 0) is 50.3 Å². The lowest BCUT2D eigenvalue weighted by Crippen LogP contribution is -2.49. The van der Waals surface area contributed by atoms with E-state index in [2.05, 4.69) is 27.2 Å². The van der Waals surface area contributed by atoms with Crippen LogP contribution in [0.15, 0.2) is 43.2 Å². The monoisotopic (exact) mass is 518 g/mol. The summed E-state index contributed by atoms with van der Waals surface area (Å²) >= 11 is 1.23. The fourth-order valence-corrected chi connectivity index (χ4v) is 5.93. The van der Waals surface area contributed by atoms with Crippen molar-refractivity contribution in [3.63, 3.8) is 0 Å². The molecule has 1 saturated carbocycles. The van der Waals surface area contributed by atoms with Crippen LogP contribution < -0.4 is 20.3 Å². The molecule has 5 heterocycles. The number of anilines is 3. The number of urea groups is 1. The number of nitrogens with one attached hydrogen (secondary N) is 2. The Bertz CT molecular complexity index is 1400. The minimum absolute atomic E-state index is 0.144. The van der Waals surface area contributed by atoms with Gasteiger partial charge in [-0.3, -0.25) is 14.5 Å². The molecule has 3 aromatic rings. The lowest BCUT2D eigenvalue weighted by atomic mass is 9.96. The van der Waals surface area contributed by atoms with Gasteiger partial charge in [0.2, 0.25) is 11.8 Å². The van der Waals surface area contributed by atoms with Gasteiger partial charge in [-0.2, -0.15) is 0 Å². The predicted molar refractivity (Wildman–Crippen MR) is 141 cm³/mol. The largest absolute Gasteiger partial charge is 0.474 e. The molecule has 2 fully saturated rings. The summed E-state index contributed by atoms with van der Waals surface area (Å²) < 4.78 is 5.84. The number of rotatable bonds is 6. The van der Waals surface area contributed by atoms with Crippen LogP contribution in [-0.2, 0) is 4.79 Å². The Labute approximate surface area is 217 Å². The molecule has 1 atom stereocenters. The van der Waals surface area contributed by atoms with Gasteiger partial charge in [0.05, 0.1) is 28.6 Å². The number of thiophene rings is 1. The molecular weight excluding hydrogens is 492 g/mol. The quantitative estimate of drug-likeness (QED) is 0.472. The minimum Gasteiger partial charge on any atom is -0.474 e. The van der Waals surface area contributed by atoms with Crippen molar-refractivity contribution in [2.75, 3.05) is 23.3 Å². The molecule has 1 saturated heterocycles. The van der Waals surface area contributed by atoms with E-state index >= 15 is 0 Å². The Morgan fingerprint density at radius 3 is 2.78 bits per heavy atom. The minimum atomic E-state index is -0.387. The Hall–Kier alpha value is -3.99. The smallest absolute Gasteiger partial charge is 0.331 e. The first kappa shape index (κ1) is 23.4. The number of likely N-dealkylation sites (tertiary alicyclic amines) is 1. The van der Waals surface area contributed by atoms with Gasteiger partial charge in [-0.15, -0.1) is 11.3 Å². The van der Waals surface area contributed by atoms with Gasteiger partial charge in [0.25, 0.3) is 5.91 Å². The molecule has 1 aliphatic carbocycles. The molecule has 10 nitrogen and oxygen atoms in total. The van der Waals surface area contributed by atoms with Crippen LogP contribution in [0.25, 0.3) is 10.2 Å². The normalized spacial score (nSPS) is 19.2. The number of piperidine rings is 1. The molecule has 2 aliphatic heterocycles. The van der Waals surface area contributed by atoms with Crippen molar-refractivity contribution in [2.24, 2.45) is 0 Å². The Balaban J connectivity index is 1.27. The van der Waals surface area contributed by atoms with Gasteiger partial charge < -0.3 is 20.3 Å². The first-order valence-corrected chi connectivity index (χ1v) is 13.2. The molecule has 37 heavy (non-hydrogen) atoms. The van der Waals surface area contributed by atoms with Crippen LogP contribution in [0.4, 0.5) is 21.9 Å². The zero-order valence-corrected chi connectivity index (χ0v) is 20.9. The van der Waals surface area contributed by atoms with Crippen LogP contribution in [0, 0.1) is 0 Å². The Morgan fingerprint density at radius 1 is 1.19 bits per heavy atom. The van der Waals surface area contributed by atoms with Crippen LogP contribution in [0.1, 0.15) is 41.8 Å². The van der Waals surface area contributed by atoms with E-state index < -0.39 is 0 Å². The maximum absolute atomic E-state index is 13.3. The van der Waals surface area contributed by atoms with Gasteiger partial charge in [0, 0.05) is 31.4 Å². The summed E-state index contributed by atoms with van der Waals surface area (Å²) in [5.41, 5.74) is 1.67. The maximum atomic E-state index is 13.3. The number of nitrogens with zero attached hydrogens (tertiary/aromatic N) is 4. The fourth-order valence-electron chi connectivity index (χ4n) is 4.91. The average Bonchev–Trinajstić information content (AvgIpc) is 3.26. The lowest BCUT2D eigenvalue weighted by Gasteiger charge is -2.32. The first-order valence-electron chi connectivity index (χ1n) is 12.4. The third-order valence-corrected chi connectivity index (χ3v) is 8.11. The summed E-state index contributed by atoms with van der Waals surface area (Å²) in [6, 6.07) is 4.76. The molecule has 190 valence electrons. The lowest BCUT2D eigenvalue weighted by molar-refractivity contribution is -0.127. The number of hydrogen-bond acceptors (Lipinski definition) is 7. The number of aromatic nitrogens is 2. The van der Waals surface area contributed by atoms with Gasteiger partial charge >= 0.3 is 6.03 Å². The number of pyridine rings is 2. The average molecular weight is 519 g/mol. The maximum Gasteiger partial charge on any atom is 0.331 e. The van der Waals surface area contributed by atoms with E-state index in [1.165, 1.54) is 28.7 Å². The van der Waals surface area contributed by atoms with E-state index in [-0.39, 0.29) is 30.0 Å². The molecule has 0 radical (unpaired) electrons. The van der Waals surface area contributed by atoms with Crippen LogP contribution in [-0.4, -0.2) is 57.9 Å². The molecule has 3 aromatic heterocycles. The van der Waals surface area contributed by atoms with E-state index in [0.29, 0.717) is 51.1 Å². The summed E-state index contributed by atoms with van der Waals surface area (Å²) in [6.45, 7) is 4.62. The highest BCUT2D eigenvalue weighted by atomic mass is 32.1. The summed E-state index contributed by atoms with van der Waals surface area (Å²) in [7, 11) is 0. The standard InChI is InChI=1S/C26H26N6O4S/c1-2-20(33)31-12-4-5-15(14-31)29-24(34)23-22-21-18(10-11-27-25(21)37-23)32(26(35)30-22)16-8-9-19(28-13-16)36-17-6-3-7-17/h2,8-11,13,15,17H,1,3-7,12,14H2,(H,29,34)(H,30,35)/t15-/m1/s1. The third kappa shape index (κ3) is 4.29. The van der Waals surface area contributed by atoms with Crippen molar-refractivity contribution in [2.45, 2.75) is 44.2 Å². The number of amides is 4. The van der Waals surface area contributed by atoms with E-state index in [1.807, 2.05) is 0 Å². The highest BCUT2D eigenvalue weighted by Crippen LogP contribution is 2.45.